The van der Waals surface area contributed by atoms with Crippen LogP contribution in [0.15, 0.2) is 48.5 Å². The van der Waals surface area contributed by atoms with Crippen LogP contribution in [0.5, 0.6) is 0 Å². The summed E-state index contributed by atoms with van der Waals surface area (Å²) in [6.07, 6.45) is 4.15. The molecule has 160 valence electrons. The van der Waals surface area contributed by atoms with E-state index in [4.69, 9.17) is 0 Å². The number of hydrogen-bond donors (Lipinski definition) is 1. The van der Waals surface area contributed by atoms with Gasteiger partial charge in [0.2, 0.25) is 5.91 Å². The molecule has 1 aromatic heterocycles. The van der Waals surface area contributed by atoms with E-state index in [1.165, 1.54) is 12.1 Å². The van der Waals surface area contributed by atoms with Gasteiger partial charge in [-0.05, 0) is 49.6 Å². The van der Waals surface area contributed by atoms with Crippen molar-refractivity contribution in [2.45, 2.75) is 57.3 Å². The predicted molar refractivity (Wildman–Crippen MR) is 115 cm³/mol. The molecular weight excluding hydrogens is 395 g/mol. The van der Waals surface area contributed by atoms with Gasteiger partial charge in [0.1, 0.15) is 11.4 Å². The molecule has 31 heavy (non-hydrogen) atoms. The minimum atomic E-state index is -1.09. The van der Waals surface area contributed by atoms with Crippen LogP contribution in [0.2, 0.25) is 0 Å². The molecule has 6 nitrogen and oxygen atoms in total. The Hall–Kier alpha value is -3.22. The zero-order valence-electron chi connectivity index (χ0n) is 17.5. The van der Waals surface area contributed by atoms with Crippen molar-refractivity contribution in [3.63, 3.8) is 0 Å². The molecule has 7 heteroatoms. The van der Waals surface area contributed by atoms with Crippen LogP contribution in [0.25, 0.3) is 11.0 Å². The molecule has 1 fully saturated rings. The fraction of sp³-hybridized carbons (Fsp3) is 0.375. The van der Waals surface area contributed by atoms with Gasteiger partial charge in [-0.2, -0.15) is 0 Å². The summed E-state index contributed by atoms with van der Waals surface area (Å²) in [5.74, 6) is -0.458. The molecule has 2 aromatic carbocycles. The highest BCUT2D eigenvalue weighted by atomic mass is 19.1. The van der Waals surface area contributed by atoms with E-state index in [2.05, 4.69) is 10.3 Å². The van der Waals surface area contributed by atoms with Crippen molar-refractivity contribution in [2.75, 3.05) is 0 Å². The standard InChI is InChI=1S/C24H25FN4O2/c1-24(23(31)26-18-6-2-3-7-18)15-28-20-9-5-4-8-19(20)27-21(28)22(30)29(24)14-16-10-12-17(25)13-11-16/h4-5,8-13,18H,2-3,6-7,14-15H2,1H3,(H,26,31)/t24-/m1/s1. The van der Waals surface area contributed by atoms with E-state index in [0.717, 1.165) is 42.3 Å². The number of halogens is 1. The minimum Gasteiger partial charge on any atom is -0.351 e. The monoisotopic (exact) mass is 420 g/mol. The smallest absolute Gasteiger partial charge is 0.291 e. The number of rotatable bonds is 4. The van der Waals surface area contributed by atoms with Crippen molar-refractivity contribution in [3.05, 3.63) is 65.7 Å². The summed E-state index contributed by atoms with van der Waals surface area (Å²) in [6.45, 7) is 2.33. The van der Waals surface area contributed by atoms with Crippen LogP contribution in [-0.2, 0) is 17.9 Å². The van der Waals surface area contributed by atoms with Gasteiger partial charge in [-0.3, -0.25) is 9.59 Å². The zero-order chi connectivity index (χ0) is 21.6. The van der Waals surface area contributed by atoms with Gasteiger partial charge in [-0.25, -0.2) is 9.37 Å². The van der Waals surface area contributed by atoms with E-state index in [-0.39, 0.29) is 30.2 Å². The molecule has 2 amide bonds. The van der Waals surface area contributed by atoms with Crippen LogP contribution in [0, 0.1) is 5.82 Å². The summed E-state index contributed by atoms with van der Waals surface area (Å²) in [5, 5.41) is 3.18. The van der Waals surface area contributed by atoms with Gasteiger partial charge >= 0.3 is 0 Å². The lowest BCUT2D eigenvalue weighted by atomic mass is 9.93. The first-order chi connectivity index (χ1) is 15.0. The molecular formula is C24H25FN4O2. The van der Waals surface area contributed by atoms with E-state index in [0.29, 0.717) is 12.4 Å². The lowest BCUT2D eigenvalue weighted by Crippen LogP contribution is -2.64. The normalized spacial score (nSPS) is 21.5. The predicted octanol–water partition coefficient (Wildman–Crippen LogP) is 3.65. The maximum atomic E-state index is 13.6. The number of aromatic nitrogens is 2. The van der Waals surface area contributed by atoms with Gasteiger partial charge in [0, 0.05) is 12.6 Å². The van der Waals surface area contributed by atoms with Gasteiger partial charge in [0.05, 0.1) is 17.6 Å². The number of hydrogen-bond acceptors (Lipinski definition) is 3. The highest BCUT2D eigenvalue weighted by Crippen LogP contribution is 2.32. The number of para-hydroxylation sites is 2. The van der Waals surface area contributed by atoms with Crippen LogP contribution in [-0.4, -0.2) is 37.8 Å². The van der Waals surface area contributed by atoms with Crippen LogP contribution in [0.3, 0.4) is 0 Å². The molecule has 2 heterocycles. The molecule has 0 spiro atoms. The summed E-state index contributed by atoms with van der Waals surface area (Å²) in [4.78, 5) is 33.3. The van der Waals surface area contributed by atoms with Gasteiger partial charge in [-0.15, -0.1) is 0 Å². The minimum absolute atomic E-state index is 0.146. The second kappa shape index (κ2) is 7.48. The van der Waals surface area contributed by atoms with Crippen LogP contribution >= 0.6 is 0 Å². The Bertz CT molecular complexity index is 1150. The van der Waals surface area contributed by atoms with Crippen LogP contribution in [0.1, 0.15) is 48.8 Å². The molecule has 2 aliphatic rings. The molecule has 0 bridgehead atoms. The van der Waals surface area contributed by atoms with E-state index in [1.54, 1.807) is 17.0 Å². The number of imidazole rings is 1. The number of nitrogens with one attached hydrogen (secondary N) is 1. The average Bonchev–Trinajstić information content (AvgIpc) is 3.40. The first-order valence-electron chi connectivity index (χ1n) is 10.8. The Kier molecular flexibility index (Phi) is 4.76. The number of benzene rings is 2. The first kappa shape index (κ1) is 19.7. The van der Waals surface area contributed by atoms with E-state index >= 15 is 0 Å². The molecule has 3 aromatic rings. The molecule has 1 saturated carbocycles. The quantitative estimate of drug-likeness (QED) is 0.701. The summed E-state index contributed by atoms with van der Waals surface area (Å²) >= 11 is 0. The van der Waals surface area contributed by atoms with Gasteiger partial charge in [-0.1, -0.05) is 37.1 Å². The molecule has 0 saturated heterocycles. The van der Waals surface area contributed by atoms with Gasteiger partial charge in [0.15, 0.2) is 5.82 Å². The SMILES string of the molecule is C[C@]1(C(=O)NC2CCCC2)Cn2c(nc3ccccc32)C(=O)N1Cc1ccc(F)cc1. The number of carbonyl (C=O) groups excluding carboxylic acids is 2. The fourth-order valence-electron chi connectivity index (χ4n) is 4.76. The Morgan fingerprint density at radius 3 is 2.61 bits per heavy atom. The van der Waals surface area contributed by atoms with E-state index in [9.17, 15) is 14.0 Å². The van der Waals surface area contributed by atoms with Crippen molar-refractivity contribution in [1.29, 1.82) is 0 Å². The maximum absolute atomic E-state index is 13.6. The molecule has 1 atom stereocenters. The summed E-state index contributed by atoms with van der Waals surface area (Å²) in [6, 6.07) is 13.8. The zero-order valence-corrected chi connectivity index (χ0v) is 17.5. The number of carbonyl (C=O) groups is 2. The van der Waals surface area contributed by atoms with E-state index < -0.39 is 5.54 Å². The Morgan fingerprint density at radius 1 is 1.16 bits per heavy atom. The van der Waals surface area contributed by atoms with Crippen LogP contribution in [0.4, 0.5) is 4.39 Å². The number of amides is 2. The van der Waals surface area contributed by atoms with E-state index in [1.807, 2.05) is 35.8 Å². The molecule has 1 aliphatic heterocycles. The van der Waals surface area contributed by atoms with Crippen molar-refractivity contribution in [3.8, 4) is 0 Å². The fourth-order valence-corrected chi connectivity index (χ4v) is 4.76. The van der Waals surface area contributed by atoms with Crippen molar-refractivity contribution in [1.82, 2.24) is 19.8 Å². The van der Waals surface area contributed by atoms with Gasteiger partial charge in [0.25, 0.3) is 5.91 Å². The highest BCUT2D eigenvalue weighted by molar-refractivity contribution is 6.01. The summed E-state index contributed by atoms with van der Waals surface area (Å²) in [5.41, 5.74) is 1.24. The number of fused-ring (bicyclic) bond motifs is 3. The molecule has 5 rings (SSSR count). The third-order valence-corrected chi connectivity index (χ3v) is 6.59. The third kappa shape index (κ3) is 3.38. The van der Waals surface area contributed by atoms with Gasteiger partial charge < -0.3 is 14.8 Å². The summed E-state index contributed by atoms with van der Waals surface area (Å²) in [7, 11) is 0. The maximum Gasteiger partial charge on any atom is 0.291 e. The third-order valence-electron chi connectivity index (χ3n) is 6.59. The second-order valence-corrected chi connectivity index (χ2v) is 8.76. The average molecular weight is 420 g/mol. The second-order valence-electron chi connectivity index (χ2n) is 8.76. The highest BCUT2D eigenvalue weighted by Gasteiger charge is 2.48. The van der Waals surface area contributed by atoms with Crippen molar-refractivity contribution in [2.24, 2.45) is 0 Å². The Balaban J connectivity index is 1.56. The lowest BCUT2D eigenvalue weighted by Gasteiger charge is -2.44. The molecule has 0 radical (unpaired) electrons. The first-order valence-corrected chi connectivity index (χ1v) is 10.8. The largest absolute Gasteiger partial charge is 0.351 e. The molecule has 0 unspecified atom stereocenters. The Morgan fingerprint density at radius 2 is 1.87 bits per heavy atom. The van der Waals surface area contributed by atoms with Crippen molar-refractivity contribution < 1.29 is 14.0 Å². The molecule has 1 N–H and O–H groups in total. The van der Waals surface area contributed by atoms with Crippen molar-refractivity contribution >= 4 is 22.8 Å². The number of nitrogens with zero attached hydrogens (tertiary/aromatic N) is 3. The molecule has 1 aliphatic carbocycles. The topological polar surface area (TPSA) is 67.2 Å². The summed E-state index contributed by atoms with van der Waals surface area (Å²) < 4.78 is 15.3. The Labute approximate surface area is 180 Å². The van der Waals surface area contributed by atoms with Crippen LogP contribution < -0.4 is 5.32 Å². The lowest BCUT2D eigenvalue weighted by molar-refractivity contribution is -0.133.